The number of anilines is 1. The SMILES string of the molecule is Cc1nc(NCCNS(C)(=O)=O)ccc1Br. The molecule has 0 radical (unpaired) electrons. The van der Waals surface area contributed by atoms with Gasteiger partial charge in [0.25, 0.3) is 0 Å². The molecule has 0 fully saturated rings. The first kappa shape index (κ1) is 13.4. The van der Waals surface area contributed by atoms with E-state index >= 15 is 0 Å². The highest BCUT2D eigenvalue weighted by Gasteiger charge is 2.00. The van der Waals surface area contributed by atoms with Gasteiger partial charge in [-0.15, -0.1) is 0 Å². The Morgan fingerprint density at radius 2 is 2.06 bits per heavy atom. The summed E-state index contributed by atoms with van der Waals surface area (Å²) in [6.07, 6.45) is 1.13. The van der Waals surface area contributed by atoms with Gasteiger partial charge in [-0.05, 0) is 35.0 Å². The van der Waals surface area contributed by atoms with Gasteiger partial charge in [-0.3, -0.25) is 0 Å². The summed E-state index contributed by atoms with van der Waals surface area (Å²) in [6.45, 7) is 2.74. The van der Waals surface area contributed by atoms with Crippen molar-refractivity contribution in [2.24, 2.45) is 0 Å². The van der Waals surface area contributed by atoms with E-state index in [2.05, 4.69) is 31.0 Å². The summed E-state index contributed by atoms with van der Waals surface area (Å²) in [5, 5.41) is 3.03. The highest BCUT2D eigenvalue weighted by Crippen LogP contribution is 2.15. The van der Waals surface area contributed by atoms with Gasteiger partial charge in [-0.2, -0.15) is 0 Å². The first-order valence-electron chi connectivity index (χ1n) is 4.70. The van der Waals surface area contributed by atoms with Gasteiger partial charge in [0.1, 0.15) is 5.82 Å². The Kier molecular flexibility index (Phi) is 4.69. The van der Waals surface area contributed by atoms with Crippen molar-refractivity contribution in [1.29, 1.82) is 0 Å². The monoisotopic (exact) mass is 307 g/mol. The van der Waals surface area contributed by atoms with Crippen LogP contribution in [-0.2, 0) is 10.0 Å². The second-order valence-electron chi connectivity index (χ2n) is 3.36. The molecule has 5 nitrogen and oxygen atoms in total. The molecule has 90 valence electrons. The van der Waals surface area contributed by atoms with Gasteiger partial charge in [0.15, 0.2) is 0 Å². The highest BCUT2D eigenvalue weighted by atomic mass is 79.9. The molecular weight excluding hydrogens is 294 g/mol. The van der Waals surface area contributed by atoms with E-state index in [0.29, 0.717) is 13.1 Å². The van der Waals surface area contributed by atoms with Gasteiger partial charge >= 0.3 is 0 Å². The maximum absolute atomic E-state index is 10.8. The molecule has 0 saturated carbocycles. The number of aromatic nitrogens is 1. The van der Waals surface area contributed by atoms with Gasteiger partial charge in [-0.25, -0.2) is 18.1 Å². The standard InChI is InChI=1S/C9H14BrN3O2S/c1-7-8(10)3-4-9(13-7)11-5-6-12-16(2,14)15/h3-4,12H,5-6H2,1-2H3,(H,11,13). The van der Waals surface area contributed by atoms with Gasteiger partial charge in [0, 0.05) is 17.6 Å². The van der Waals surface area contributed by atoms with Crippen molar-refractivity contribution in [3.8, 4) is 0 Å². The number of sulfonamides is 1. The van der Waals surface area contributed by atoms with E-state index in [1.807, 2.05) is 19.1 Å². The molecule has 0 aliphatic heterocycles. The Morgan fingerprint density at radius 1 is 1.38 bits per heavy atom. The molecule has 0 amide bonds. The first-order valence-corrected chi connectivity index (χ1v) is 7.38. The zero-order chi connectivity index (χ0) is 12.2. The molecular formula is C9H14BrN3O2S. The molecule has 1 aromatic rings. The Balaban J connectivity index is 2.41. The number of aryl methyl sites for hydroxylation is 1. The van der Waals surface area contributed by atoms with Crippen LogP contribution in [0.3, 0.4) is 0 Å². The van der Waals surface area contributed by atoms with Crippen molar-refractivity contribution in [3.05, 3.63) is 22.3 Å². The second kappa shape index (κ2) is 5.60. The summed E-state index contributed by atoms with van der Waals surface area (Å²) in [6, 6.07) is 3.73. The lowest BCUT2D eigenvalue weighted by Gasteiger charge is -2.07. The summed E-state index contributed by atoms with van der Waals surface area (Å²) >= 11 is 3.36. The molecule has 0 aliphatic rings. The topological polar surface area (TPSA) is 71.1 Å². The average Bonchev–Trinajstić information content (AvgIpc) is 2.17. The Labute approximate surface area is 104 Å². The highest BCUT2D eigenvalue weighted by molar-refractivity contribution is 9.10. The predicted molar refractivity (Wildman–Crippen MR) is 68.0 cm³/mol. The summed E-state index contributed by atoms with van der Waals surface area (Å²) < 4.78 is 24.9. The molecule has 0 aliphatic carbocycles. The molecule has 2 N–H and O–H groups in total. The first-order chi connectivity index (χ1) is 7.38. The van der Waals surface area contributed by atoms with E-state index in [4.69, 9.17) is 0 Å². The third-order valence-corrected chi connectivity index (χ3v) is 3.38. The van der Waals surface area contributed by atoms with Crippen molar-refractivity contribution in [2.45, 2.75) is 6.92 Å². The van der Waals surface area contributed by atoms with Crippen molar-refractivity contribution >= 4 is 31.8 Å². The summed E-state index contributed by atoms with van der Waals surface area (Å²) in [7, 11) is -3.11. The normalized spacial score (nSPS) is 11.4. The molecule has 7 heteroatoms. The third-order valence-electron chi connectivity index (χ3n) is 1.82. The molecule has 0 atom stereocenters. The number of hydrogen-bond donors (Lipinski definition) is 2. The van der Waals surface area contributed by atoms with Crippen molar-refractivity contribution in [2.75, 3.05) is 24.7 Å². The molecule has 1 aromatic heterocycles. The summed E-state index contributed by atoms with van der Waals surface area (Å²) in [5.74, 6) is 0.732. The minimum absolute atomic E-state index is 0.343. The molecule has 16 heavy (non-hydrogen) atoms. The Bertz CT molecular complexity index is 462. The number of pyridine rings is 1. The average molecular weight is 308 g/mol. The maximum Gasteiger partial charge on any atom is 0.208 e. The molecule has 0 spiro atoms. The van der Waals surface area contributed by atoms with Crippen LogP contribution in [0.25, 0.3) is 0 Å². The van der Waals surface area contributed by atoms with Crippen molar-refractivity contribution < 1.29 is 8.42 Å². The number of hydrogen-bond acceptors (Lipinski definition) is 4. The van der Waals surface area contributed by atoms with Crippen LogP contribution in [0.5, 0.6) is 0 Å². The quantitative estimate of drug-likeness (QED) is 0.800. The second-order valence-corrected chi connectivity index (χ2v) is 6.04. The van der Waals surface area contributed by atoms with Gasteiger partial charge < -0.3 is 5.32 Å². The summed E-state index contributed by atoms with van der Waals surface area (Å²) in [5.41, 5.74) is 0.890. The number of halogens is 1. The van der Waals surface area contributed by atoms with E-state index in [9.17, 15) is 8.42 Å². The smallest absolute Gasteiger partial charge is 0.208 e. The lowest BCUT2D eigenvalue weighted by atomic mass is 10.4. The van der Waals surface area contributed by atoms with Crippen LogP contribution in [0, 0.1) is 6.92 Å². The zero-order valence-electron chi connectivity index (χ0n) is 9.12. The van der Waals surface area contributed by atoms with Crippen molar-refractivity contribution in [1.82, 2.24) is 9.71 Å². The Morgan fingerprint density at radius 3 is 2.62 bits per heavy atom. The molecule has 0 saturated heterocycles. The predicted octanol–water partition coefficient (Wildman–Crippen LogP) is 1.11. The number of nitrogens with one attached hydrogen (secondary N) is 2. The molecule has 0 bridgehead atoms. The molecule has 0 unspecified atom stereocenters. The fourth-order valence-corrected chi connectivity index (χ4v) is 1.76. The van der Waals surface area contributed by atoms with Gasteiger partial charge in [0.05, 0.1) is 11.9 Å². The number of rotatable bonds is 5. The van der Waals surface area contributed by atoms with Gasteiger partial charge in [-0.1, -0.05) is 0 Å². The lowest BCUT2D eigenvalue weighted by molar-refractivity contribution is 0.589. The van der Waals surface area contributed by atoms with Crippen LogP contribution in [0.1, 0.15) is 5.69 Å². The Hall–Kier alpha value is -0.660. The van der Waals surface area contributed by atoms with Crippen LogP contribution in [0.15, 0.2) is 16.6 Å². The maximum atomic E-state index is 10.8. The van der Waals surface area contributed by atoms with E-state index in [1.165, 1.54) is 0 Å². The fraction of sp³-hybridized carbons (Fsp3) is 0.444. The van der Waals surface area contributed by atoms with E-state index in [1.54, 1.807) is 0 Å². The zero-order valence-corrected chi connectivity index (χ0v) is 11.5. The van der Waals surface area contributed by atoms with Crippen LogP contribution in [-0.4, -0.2) is 32.7 Å². The van der Waals surface area contributed by atoms with E-state index < -0.39 is 10.0 Å². The van der Waals surface area contributed by atoms with Crippen LogP contribution in [0.2, 0.25) is 0 Å². The summed E-state index contributed by atoms with van der Waals surface area (Å²) in [4.78, 5) is 4.27. The van der Waals surface area contributed by atoms with Gasteiger partial charge in [0.2, 0.25) is 10.0 Å². The van der Waals surface area contributed by atoms with E-state index in [-0.39, 0.29) is 0 Å². The lowest BCUT2D eigenvalue weighted by Crippen LogP contribution is -2.27. The number of nitrogens with zero attached hydrogens (tertiary/aromatic N) is 1. The van der Waals surface area contributed by atoms with Crippen LogP contribution >= 0.6 is 15.9 Å². The molecule has 0 aromatic carbocycles. The van der Waals surface area contributed by atoms with Crippen LogP contribution < -0.4 is 10.0 Å². The minimum Gasteiger partial charge on any atom is -0.369 e. The molecule has 1 heterocycles. The molecule has 1 rings (SSSR count). The van der Waals surface area contributed by atoms with E-state index in [0.717, 1.165) is 22.2 Å². The third kappa shape index (κ3) is 4.91. The minimum atomic E-state index is -3.11. The largest absolute Gasteiger partial charge is 0.369 e. The van der Waals surface area contributed by atoms with Crippen LogP contribution in [0.4, 0.5) is 5.82 Å². The van der Waals surface area contributed by atoms with Crippen molar-refractivity contribution in [3.63, 3.8) is 0 Å². The fourth-order valence-electron chi connectivity index (χ4n) is 1.07.